The number of aromatic nitrogens is 2. The quantitative estimate of drug-likeness (QED) is 0.705. The number of hydrogen-bond acceptors (Lipinski definition) is 7. The molecule has 1 aliphatic heterocycles. The highest BCUT2D eigenvalue weighted by molar-refractivity contribution is 7.89. The molecule has 1 aromatic carbocycles. The van der Waals surface area contributed by atoms with E-state index in [0.29, 0.717) is 49.9 Å². The Morgan fingerprint density at radius 1 is 1.32 bits per heavy atom. The first-order valence-electron chi connectivity index (χ1n) is 8.14. The van der Waals surface area contributed by atoms with Gasteiger partial charge in [-0.05, 0) is 31.4 Å². The van der Waals surface area contributed by atoms with Gasteiger partial charge in [0.2, 0.25) is 15.9 Å². The fourth-order valence-corrected chi connectivity index (χ4v) is 5.14. The summed E-state index contributed by atoms with van der Waals surface area (Å²) < 4.78 is 35.4. The van der Waals surface area contributed by atoms with Crippen LogP contribution in [0.4, 0.5) is 0 Å². The maximum absolute atomic E-state index is 12.9. The van der Waals surface area contributed by atoms with Crippen LogP contribution >= 0.6 is 11.7 Å². The largest absolute Gasteiger partial charge is 0.396 e. The monoisotopic (exact) mass is 384 g/mol. The van der Waals surface area contributed by atoms with E-state index in [-0.39, 0.29) is 23.3 Å². The van der Waals surface area contributed by atoms with Gasteiger partial charge >= 0.3 is 0 Å². The maximum atomic E-state index is 12.9. The van der Waals surface area contributed by atoms with Gasteiger partial charge in [-0.3, -0.25) is 4.79 Å². The third-order valence-corrected chi connectivity index (χ3v) is 6.80. The summed E-state index contributed by atoms with van der Waals surface area (Å²) in [5.41, 5.74) is 0.973. The summed E-state index contributed by atoms with van der Waals surface area (Å²) in [7, 11) is -3.66. The van der Waals surface area contributed by atoms with Crippen LogP contribution in [0.2, 0.25) is 0 Å². The molecule has 1 amide bonds. The highest BCUT2D eigenvalue weighted by atomic mass is 32.2. The first kappa shape index (κ1) is 18.2. The van der Waals surface area contributed by atoms with Gasteiger partial charge in [-0.15, -0.1) is 0 Å². The number of sulfonamides is 1. The molecule has 25 heavy (non-hydrogen) atoms. The summed E-state index contributed by atoms with van der Waals surface area (Å²) in [6, 6.07) is 4.95. The predicted octanol–water partition coefficient (Wildman–Crippen LogP) is 0.591. The number of aliphatic hydroxyl groups excluding tert-OH is 1. The molecule has 3 rings (SSSR count). The molecular weight excluding hydrogens is 364 g/mol. The fourth-order valence-electron chi connectivity index (χ4n) is 2.92. The molecule has 0 bridgehead atoms. The molecule has 0 aliphatic carbocycles. The highest BCUT2D eigenvalue weighted by Crippen LogP contribution is 2.28. The van der Waals surface area contributed by atoms with Gasteiger partial charge in [-0.1, -0.05) is 6.07 Å². The third kappa shape index (κ3) is 3.81. The fraction of sp³-hybridized carbons (Fsp3) is 0.533. The van der Waals surface area contributed by atoms with E-state index in [1.54, 1.807) is 18.2 Å². The van der Waals surface area contributed by atoms with Crippen molar-refractivity contribution in [2.45, 2.75) is 24.2 Å². The number of nitrogens with zero attached hydrogens (tertiary/aromatic N) is 3. The lowest BCUT2D eigenvalue weighted by Gasteiger charge is -2.30. The lowest BCUT2D eigenvalue weighted by Crippen LogP contribution is -2.43. The number of aliphatic hydroxyl groups is 1. The summed E-state index contributed by atoms with van der Waals surface area (Å²) in [4.78, 5) is 12.2. The Bertz CT molecular complexity index is 844. The standard InChI is InChI=1S/C15H20N4O4S2/c20-10-2-7-16-15(21)11-5-8-19(9-6-11)25(22,23)13-4-1-3-12-14(13)18-24-17-12/h1,3-4,11,20H,2,5-10H2,(H,16,21). The Morgan fingerprint density at radius 2 is 2.08 bits per heavy atom. The second-order valence-corrected chi connectivity index (χ2v) is 8.37. The van der Waals surface area contributed by atoms with Gasteiger partial charge in [-0.2, -0.15) is 13.1 Å². The van der Waals surface area contributed by atoms with Crippen molar-refractivity contribution in [2.24, 2.45) is 5.92 Å². The maximum Gasteiger partial charge on any atom is 0.245 e. The number of amides is 1. The van der Waals surface area contributed by atoms with Crippen molar-refractivity contribution in [3.8, 4) is 0 Å². The molecule has 1 aromatic heterocycles. The Balaban J connectivity index is 1.68. The number of carbonyl (C=O) groups excluding carboxylic acids is 1. The minimum Gasteiger partial charge on any atom is -0.396 e. The predicted molar refractivity (Wildman–Crippen MR) is 93.6 cm³/mol. The van der Waals surface area contributed by atoms with Gasteiger partial charge in [0, 0.05) is 32.2 Å². The third-order valence-electron chi connectivity index (χ3n) is 4.33. The van der Waals surface area contributed by atoms with Gasteiger partial charge in [0.25, 0.3) is 0 Å². The Kier molecular flexibility index (Phi) is 5.62. The number of rotatable bonds is 6. The van der Waals surface area contributed by atoms with Crippen molar-refractivity contribution in [3.63, 3.8) is 0 Å². The van der Waals surface area contributed by atoms with Crippen LogP contribution in [-0.2, 0) is 14.8 Å². The van der Waals surface area contributed by atoms with Crippen LogP contribution < -0.4 is 5.32 Å². The molecule has 2 heterocycles. The van der Waals surface area contributed by atoms with Gasteiger partial charge in [0.1, 0.15) is 15.9 Å². The van der Waals surface area contributed by atoms with Gasteiger partial charge in [0.05, 0.1) is 11.7 Å². The summed E-state index contributed by atoms with van der Waals surface area (Å²) in [6.07, 6.45) is 1.48. The van der Waals surface area contributed by atoms with Crippen molar-refractivity contribution in [1.82, 2.24) is 18.4 Å². The van der Waals surface area contributed by atoms with Crippen LogP contribution in [0, 0.1) is 5.92 Å². The zero-order chi connectivity index (χ0) is 17.9. The van der Waals surface area contributed by atoms with Crippen molar-refractivity contribution >= 4 is 38.7 Å². The van der Waals surface area contributed by atoms with Crippen LogP contribution in [0.3, 0.4) is 0 Å². The normalized spacial score (nSPS) is 17.0. The Labute approximate surface area is 150 Å². The summed E-state index contributed by atoms with van der Waals surface area (Å²) in [6.45, 7) is 1.07. The molecule has 136 valence electrons. The van der Waals surface area contributed by atoms with E-state index in [0.717, 1.165) is 11.7 Å². The van der Waals surface area contributed by atoms with E-state index in [1.807, 2.05) is 0 Å². The number of benzene rings is 1. The summed E-state index contributed by atoms with van der Waals surface area (Å²) >= 11 is 0.990. The first-order chi connectivity index (χ1) is 12.0. The van der Waals surface area contributed by atoms with Crippen LogP contribution in [0.15, 0.2) is 23.1 Å². The molecule has 0 unspecified atom stereocenters. The molecule has 0 atom stereocenters. The average Bonchev–Trinajstić information content (AvgIpc) is 3.10. The minimum atomic E-state index is -3.66. The Morgan fingerprint density at radius 3 is 2.80 bits per heavy atom. The van der Waals surface area contributed by atoms with Crippen molar-refractivity contribution < 1.29 is 18.3 Å². The van der Waals surface area contributed by atoms with E-state index in [2.05, 4.69) is 14.1 Å². The molecule has 1 aliphatic rings. The number of nitrogens with one attached hydrogen (secondary N) is 1. The second kappa shape index (κ2) is 7.73. The smallest absolute Gasteiger partial charge is 0.245 e. The first-order valence-corrected chi connectivity index (χ1v) is 10.3. The second-order valence-electron chi connectivity index (χ2n) is 5.93. The van der Waals surface area contributed by atoms with Crippen LogP contribution in [0.1, 0.15) is 19.3 Å². The van der Waals surface area contributed by atoms with Gasteiger partial charge in [-0.25, -0.2) is 8.42 Å². The van der Waals surface area contributed by atoms with Crippen molar-refractivity contribution in [3.05, 3.63) is 18.2 Å². The number of fused-ring (bicyclic) bond motifs is 1. The van der Waals surface area contributed by atoms with E-state index >= 15 is 0 Å². The molecule has 1 fully saturated rings. The average molecular weight is 384 g/mol. The number of hydrogen-bond donors (Lipinski definition) is 2. The lowest BCUT2D eigenvalue weighted by molar-refractivity contribution is -0.126. The highest BCUT2D eigenvalue weighted by Gasteiger charge is 2.33. The molecule has 2 N–H and O–H groups in total. The van der Waals surface area contributed by atoms with Crippen LogP contribution in [-0.4, -0.2) is 58.7 Å². The molecule has 10 heteroatoms. The molecule has 0 spiro atoms. The van der Waals surface area contributed by atoms with Crippen LogP contribution in [0.5, 0.6) is 0 Å². The summed E-state index contributed by atoms with van der Waals surface area (Å²) in [5, 5.41) is 11.5. The van der Waals surface area contributed by atoms with Gasteiger partial charge in [0.15, 0.2) is 0 Å². The summed E-state index contributed by atoms with van der Waals surface area (Å²) in [5.74, 6) is -0.266. The lowest BCUT2D eigenvalue weighted by atomic mass is 9.97. The SMILES string of the molecule is O=C(NCCCO)C1CCN(S(=O)(=O)c2cccc3nsnc23)CC1. The molecular formula is C15H20N4O4S2. The topological polar surface area (TPSA) is 112 Å². The zero-order valence-corrected chi connectivity index (χ0v) is 15.2. The zero-order valence-electron chi connectivity index (χ0n) is 13.6. The molecule has 8 nitrogen and oxygen atoms in total. The van der Waals surface area contributed by atoms with E-state index in [9.17, 15) is 13.2 Å². The van der Waals surface area contributed by atoms with E-state index < -0.39 is 10.0 Å². The number of piperidine rings is 1. The van der Waals surface area contributed by atoms with E-state index in [4.69, 9.17) is 5.11 Å². The minimum absolute atomic E-state index is 0.0357. The molecule has 2 aromatic rings. The van der Waals surface area contributed by atoms with Gasteiger partial charge < -0.3 is 10.4 Å². The van der Waals surface area contributed by atoms with E-state index in [1.165, 1.54) is 4.31 Å². The van der Waals surface area contributed by atoms with Crippen molar-refractivity contribution in [2.75, 3.05) is 26.2 Å². The molecule has 0 radical (unpaired) electrons. The number of carbonyl (C=O) groups is 1. The van der Waals surface area contributed by atoms with Crippen molar-refractivity contribution in [1.29, 1.82) is 0 Å². The van der Waals surface area contributed by atoms with Crippen LogP contribution in [0.25, 0.3) is 11.0 Å². The molecule has 1 saturated heterocycles. The molecule has 0 saturated carbocycles. The Hall–Kier alpha value is -1.62.